The van der Waals surface area contributed by atoms with Gasteiger partial charge in [0.1, 0.15) is 0 Å². The summed E-state index contributed by atoms with van der Waals surface area (Å²) in [5.74, 6) is 0. The molecule has 0 aromatic rings. The highest BCUT2D eigenvalue weighted by Gasteiger charge is 1.85. The Balaban J connectivity index is -0.0000000655. The standard InChI is InChI=1S/3CH2O4.H2O/c3*2-1(3)5-4;/h3*4H,(H,2,3);1H2. The SMILES string of the molecule is O.O=C(O)OO.O=C(O)OO.O=C(O)OO. The highest BCUT2D eigenvalue weighted by molar-refractivity contribution is 5.56. The molecule has 0 bridgehead atoms. The molecule has 0 rings (SSSR count). The minimum absolute atomic E-state index is 0. The van der Waals surface area contributed by atoms with Gasteiger partial charge in [-0.1, -0.05) is 0 Å². The fourth-order valence-electron chi connectivity index (χ4n) is 0. The van der Waals surface area contributed by atoms with E-state index in [2.05, 4.69) is 14.7 Å². The lowest BCUT2D eigenvalue weighted by Gasteiger charge is -1.75. The van der Waals surface area contributed by atoms with Crippen LogP contribution in [0.1, 0.15) is 0 Å². The van der Waals surface area contributed by atoms with Crippen molar-refractivity contribution >= 4 is 18.5 Å². The molecule has 0 aliphatic heterocycles. The Morgan fingerprint density at radius 1 is 0.625 bits per heavy atom. The van der Waals surface area contributed by atoms with Crippen molar-refractivity contribution in [3.8, 4) is 0 Å². The molecule has 0 saturated heterocycles. The van der Waals surface area contributed by atoms with E-state index in [1.807, 2.05) is 0 Å². The molecule has 0 fully saturated rings. The molecule has 0 radical (unpaired) electrons. The van der Waals surface area contributed by atoms with Gasteiger partial charge >= 0.3 is 18.5 Å². The fraction of sp³-hybridized carbons (Fsp3) is 0. The summed E-state index contributed by atoms with van der Waals surface area (Å²) in [6.45, 7) is 0. The van der Waals surface area contributed by atoms with Gasteiger partial charge < -0.3 is 20.8 Å². The van der Waals surface area contributed by atoms with Crippen molar-refractivity contribution in [2.45, 2.75) is 0 Å². The highest BCUT2D eigenvalue weighted by atomic mass is 17.1. The summed E-state index contributed by atoms with van der Waals surface area (Å²) in [5.41, 5.74) is 0. The van der Waals surface area contributed by atoms with Crippen LogP contribution in [0.2, 0.25) is 0 Å². The summed E-state index contributed by atoms with van der Waals surface area (Å²) < 4.78 is 0. The maximum absolute atomic E-state index is 8.90. The van der Waals surface area contributed by atoms with Crippen LogP contribution in [0.5, 0.6) is 0 Å². The maximum atomic E-state index is 8.90. The Morgan fingerprint density at radius 3 is 0.688 bits per heavy atom. The molecule has 0 amide bonds. The monoisotopic (exact) mass is 252 g/mol. The first-order chi connectivity index (χ1) is 6.81. The van der Waals surface area contributed by atoms with Crippen LogP contribution in [0.3, 0.4) is 0 Å². The van der Waals surface area contributed by atoms with Gasteiger partial charge in [0.05, 0.1) is 0 Å². The molecule has 13 nitrogen and oxygen atoms in total. The second-order valence-electron chi connectivity index (χ2n) is 1.07. The van der Waals surface area contributed by atoms with Crippen LogP contribution in [-0.4, -0.2) is 55.0 Å². The van der Waals surface area contributed by atoms with Gasteiger partial charge in [-0.05, 0) is 0 Å². The lowest BCUT2D eigenvalue weighted by atomic mass is 11.5. The first-order valence-corrected chi connectivity index (χ1v) is 2.44. The molecule has 0 spiro atoms. The zero-order valence-corrected chi connectivity index (χ0v) is 7.13. The minimum atomic E-state index is -1.69. The Kier molecular flexibility index (Phi) is 27.0. The molecule has 0 heterocycles. The molecule has 98 valence electrons. The van der Waals surface area contributed by atoms with Crippen molar-refractivity contribution in [1.29, 1.82) is 0 Å². The topological polar surface area (TPSA) is 232 Å². The van der Waals surface area contributed by atoms with Crippen LogP contribution in [0.4, 0.5) is 14.4 Å². The van der Waals surface area contributed by atoms with E-state index in [-0.39, 0.29) is 5.48 Å². The smallest absolute Gasteiger partial charge is 0.448 e. The van der Waals surface area contributed by atoms with E-state index in [1.165, 1.54) is 0 Å². The molecular weight excluding hydrogens is 244 g/mol. The molecular formula is C3H8O13. The van der Waals surface area contributed by atoms with E-state index in [0.29, 0.717) is 0 Å². The van der Waals surface area contributed by atoms with Gasteiger partial charge in [0.2, 0.25) is 0 Å². The predicted molar refractivity (Wildman–Crippen MR) is 38.8 cm³/mol. The van der Waals surface area contributed by atoms with Crippen molar-refractivity contribution in [3.63, 3.8) is 0 Å². The van der Waals surface area contributed by atoms with Gasteiger partial charge in [0.15, 0.2) is 0 Å². The van der Waals surface area contributed by atoms with Crippen LogP contribution >= 0.6 is 0 Å². The third-order valence-corrected chi connectivity index (χ3v) is 0.234. The first kappa shape index (κ1) is 23.5. The summed E-state index contributed by atoms with van der Waals surface area (Å²) >= 11 is 0. The van der Waals surface area contributed by atoms with Gasteiger partial charge in [0.25, 0.3) is 0 Å². The Labute approximate surface area is 85.3 Å². The van der Waals surface area contributed by atoms with Gasteiger partial charge in [-0.25, -0.2) is 14.4 Å². The number of carboxylic acid groups (broad SMARTS) is 3. The predicted octanol–water partition coefficient (Wildman–Crippen LogP) is -0.363. The third-order valence-electron chi connectivity index (χ3n) is 0.234. The van der Waals surface area contributed by atoms with E-state index in [1.54, 1.807) is 0 Å². The Hall–Kier alpha value is -2.35. The Morgan fingerprint density at radius 2 is 0.688 bits per heavy atom. The molecule has 0 aromatic heterocycles. The summed E-state index contributed by atoms with van der Waals surface area (Å²) in [7, 11) is 0. The van der Waals surface area contributed by atoms with E-state index < -0.39 is 18.5 Å². The third kappa shape index (κ3) is 99.2. The van der Waals surface area contributed by atoms with Crippen molar-refractivity contribution in [1.82, 2.24) is 0 Å². The highest BCUT2D eigenvalue weighted by Crippen LogP contribution is 1.60. The average Bonchev–Trinajstić information content (AvgIpc) is 2.19. The van der Waals surface area contributed by atoms with Crippen LogP contribution in [-0.2, 0) is 14.7 Å². The van der Waals surface area contributed by atoms with Crippen molar-refractivity contribution in [3.05, 3.63) is 0 Å². The van der Waals surface area contributed by atoms with E-state index in [9.17, 15) is 0 Å². The molecule has 0 aliphatic rings. The lowest BCUT2D eigenvalue weighted by molar-refractivity contribution is -0.194. The minimum Gasteiger partial charge on any atom is -0.448 e. The molecule has 8 N–H and O–H groups in total. The number of carbonyl (C=O) groups is 3. The van der Waals surface area contributed by atoms with Crippen molar-refractivity contribution in [2.75, 3.05) is 0 Å². The molecule has 0 aliphatic carbocycles. The van der Waals surface area contributed by atoms with Crippen LogP contribution in [0.15, 0.2) is 0 Å². The van der Waals surface area contributed by atoms with Gasteiger partial charge in [-0.3, -0.25) is 14.7 Å². The van der Waals surface area contributed by atoms with Crippen LogP contribution in [0, 0.1) is 0 Å². The summed E-state index contributed by atoms with van der Waals surface area (Å²) in [6, 6.07) is 0. The molecule has 0 atom stereocenters. The molecule has 16 heavy (non-hydrogen) atoms. The average molecular weight is 252 g/mol. The largest absolute Gasteiger partial charge is 0.537 e. The summed E-state index contributed by atoms with van der Waals surface area (Å²) in [4.78, 5) is 34.7. The number of rotatable bonds is 0. The summed E-state index contributed by atoms with van der Waals surface area (Å²) in [6.07, 6.45) is -5.07. The molecule has 0 saturated carbocycles. The van der Waals surface area contributed by atoms with E-state index in [0.717, 1.165) is 0 Å². The van der Waals surface area contributed by atoms with Gasteiger partial charge in [-0.15, -0.1) is 0 Å². The Bertz CT molecular complexity index is 150. The lowest BCUT2D eigenvalue weighted by Crippen LogP contribution is -1.91. The molecule has 0 aromatic carbocycles. The molecule has 0 unspecified atom stereocenters. The quantitative estimate of drug-likeness (QED) is 0.184. The van der Waals surface area contributed by atoms with Crippen molar-refractivity contribution in [2.24, 2.45) is 0 Å². The van der Waals surface area contributed by atoms with Gasteiger partial charge in [-0.2, -0.15) is 15.8 Å². The fourth-order valence-corrected chi connectivity index (χ4v) is 0. The van der Waals surface area contributed by atoms with Crippen LogP contribution < -0.4 is 0 Å². The zero-order chi connectivity index (χ0) is 12.9. The second kappa shape index (κ2) is 18.4. The van der Waals surface area contributed by atoms with E-state index >= 15 is 0 Å². The molecule has 13 heteroatoms. The summed E-state index contributed by atoms with van der Waals surface area (Å²) in [5, 5.41) is 42.9. The normalized spacial score (nSPS) is 6.19. The second-order valence-corrected chi connectivity index (χ2v) is 1.07. The number of hydrogen-bond donors (Lipinski definition) is 6. The van der Waals surface area contributed by atoms with Gasteiger partial charge in [0, 0.05) is 0 Å². The van der Waals surface area contributed by atoms with E-state index in [4.69, 9.17) is 45.5 Å². The maximum Gasteiger partial charge on any atom is 0.537 e. The van der Waals surface area contributed by atoms with Crippen molar-refractivity contribution < 1.29 is 65.6 Å². The number of hydrogen-bond acceptors (Lipinski definition) is 9. The first-order valence-electron chi connectivity index (χ1n) is 2.44. The van der Waals surface area contributed by atoms with Crippen LogP contribution in [0.25, 0.3) is 0 Å². The zero-order valence-electron chi connectivity index (χ0n) is 7.13.